The van der Waals surface area contributed by atoms with Crippen molar-refractivity contribution in [1.82, 2.24) is 5.32 Å². The molecule has 0 heterocycles. The molecule has 0 saturated heterocycles. The molecule has 1 atom stereocenters. The third kappa shape index (κ3) is 3.38. The average molecular weight is 221 g/mol. The van der Waals surface area contributed by atoms with E-state index in [1.165, 1.54) is 0 Å². The highest BCUT2D eigenvalue weighted by Gasteiger charge is 2.19. The summed E-state index contributed by atoms with van der Waals surface area (Å²) in [7, 11) is 0. The Labute approximate surface area is 94.3 Å². The van der Waals surface area contributed by atoms with Gasteiger partial charge in [-0.1, -0.05) is 37.3 Å². The van der Waals surface area contributed by atoms with Gasteiger partial charge in [-0.25, -0.2) is 0 Å². The molecule has 0 radical (unpaired) electrons. The van der Waals surface area contributed by atoms with Gasteiger partial charge in [0.1, 0.15) is 0 Å². The van der Waals surface area contributed by atoms with E-state index in [2.05, 4.69) is 5.32 Å². The second-order valence-corrected chi connectivity index (χ2v) is 3.46. The number of carbonyl (C=O) groups excluding carboxylic acids is 1. The molecule has 1 rings (SSSR count). The van der Waals surface area contributed by atoms with E-state index in [1.54, 1.807) is 31.2 Å². The lowest BCUT2D eigenvalue weighted by Crippen LogP contribution is -2.31. The summed E-state index contributed by atoms with van der Waals surface area (Å²) >= 11 is 0. The molecule has 0 aromatic heterocycles. The van der Waals surface area contributed by atoms with E-state index in [4.69, 9.17) is 5.11 Å². The Balaban J connectivity index is 2.69. The first-order valence-corrected chi connectivity index (χ1v) is 5.19. The van der Waals surface area contributed by atoms with Gasteiger partial charge in [-0.05, 0) is 5.56 Å². The van der Waals surface area contributed by atoms with Gasteiger partial charge in [0.25, 0.3) is 0 Å². The van der Waals surface area contributed by atoms with Crippen LogP contribution in [0.25, 0.3) is 0 Å². The number of amides is 1. The zero-order chi connectivity index (χ0) is 12.0. The van der Waals surface area contributed by atoms with Crippen LogP contribution in [-0.2, 0) is 9.59 Å². The van der Waals surface area contributed by atoms with Crippen LogP contribution in [0.15, 0.2) is 30.3 Å². The predicted octanol–water partition coefficient (Wildman–Crippen LogP) is 1.38. The summed E-state index contributed by atoms with van der Waals surface area (Å²) in [6.07, 6.45) is 0.362. The van der Waals surface area contributed by atoms with Crippen LogP contribution in [0.4, 0.5) is 0 Å². The molecule has 16 heavy (non-hydrogen) atoms. The van der Waals surface area contributed by atoms with Crippen molar-refractivity contribution in [3.05, 3.63) is 35.9 Å². The number of hydrogen-bond acceptors (Lipinski definition) is 2. The SMILES string of the molecule is CCC(=O)NCC(C(=O)O)c1ccccc1. The summed E-state index contributed by atoms with van der Waals surface area (Å²) in [6, 6.07) is 8.89. The lowest BCUT2D eigenvalue weighted by atomic mass is 9.99. The van der Waals surface area contributed by atoms with Crippen molar-refractivity contribution in [3.63, 3.8) is 0 Å². The van der Waals surface area contributed by atoms with Crippen LogP contribution in [0.3, 0.4) is 0 Å². The van der Waals surface area contributed by atoms with Crippen molar-refractivity contribution < 1.29 is 14.7 Å². The molecule has 1 amide bonds. The van der Waals surface area contributed by atoms with Gasteiger partial charge in [0.05, 0.1) is 5.92 Å². The van der Waals surface area contributed by atoms with E-state index >= 15 is 0 Å². The second kappa shape index (κ2) is 5.90. The second-order valence-electron chi connectivity index (χ2n) is 3.46. The molecule has 0 aliphatic heterocycles. The molecule has 4 heteroatoms. The highest BCUT2D eigenvalue weighted by Crippen LogP contribution is 2.14. The summed E-state index contributed by atoms with van der Waals surface area (Å²) in [6.45, 7) is 1.86. The van der Waals surface area contributed by atoms with Crippen molar-refractivity contribution in [2.24, 2.45) is 0 Å². The molecular weight excluding hydrogens is 206 g/mol. The lowest BCUT2D eigenvalue weighted by molar-refractivity contribution is -0.138. The Morgan fingerprint density at radius 2 is 1.94 bits per heavy atom. The first-order chi connectivity index (χ1) is 7.65. The fourth-order valence-corrected chi connectivity index (χ4v) is 1.37. The smallest absolute Gasteiger partial charge is 0.312 e. The molecule has 0 aliphatic rings. The first-order valence-electron chi connectivity index (χ1n) is 5.19. The number of benzene rings is 1. The van der Waals surface area contributed by atoms with E-state index in [-0.39, 0.29) is 12.5 Å². The number of carboxylic acid groups (broad SMARTS) is 1. The summed E-state index contributed by atoms with van der Waals surface area (Å²) < 4.78 is 0. The van der Waals surface area contributed by atoms with Gasteiger partial charge in [0.15, 0.2) is 0 Å². The van der Waals surface area contributed by atoms with Crippen LogP contribution < -0.4 is 5.32 Å². The zero-order valence-electron chi connectivity index (χ0n) is 9.14. The minimum Gasteiger partial charge on any atom is -0.481 e. The summed E-state index contributed by atoms with van der Waals surface area (Å²) in [5.41, 5.74) is 0.700. The first kappa shape index (κ1) is 12.2. The van der Waals surface area contributed by atoms with Crippen molar-refractivity contribution in [3.8, 4) is 0 Å². The number of carbonyl (C=O) groups is 2. The van der Waals surface area contributed by atoms with Gasteiger partial charge in [0, 0.05) is 13.0 Å². The van der Waals surface area contributed by atoms with Crippen LogP contribution in [0.2, 0.25) is 0 Å². The maximum Gasteiger partial charge on any atom is 0.312 e. The molecule has 0 fully saturated rings. The topological polar surface area (TPSA) is 66.4 Å². The molecule has 0 spiro atoms. The Morgan fingerprint density at radius 1 is 1.31 bits per heavy atom. The van der Waals surface area contributed by atoms with Crippen LogP contribution >= 0.6 is 0 Å². The summed E-state index contributed by atoms with van der Waals surface area (Å²) in [5, 5.41) is 11.7. The number of aliphatic carboxylic acids is 1. The maximum atomic E-state index is 11.1. The number of rotatable bonds is 5. The number of nitrogens with one attached hydrogen (secondary N) is 1. The largest absolute Gasteiger partial charge is 0.481 e. The predicted molar refractivity (Wildman–Crippen MR) is 60.1 cm³/mol. The Morgan fingerprint density at radius 3 is 2.44 bits per heavy atom. The average Bonchev–Trinajstić information content (AvgIpc) is 2.30. The highest BCUT2D eigenvalue weighted by molar-refractivity contribution is 5.79. The fourth-order valence-electron chi connectivity index (χ4n) is 1.37. The van der Waals surface area contributed by atoms with Crippen molar-refractivity contribution in [2.75, 3.05) is 6.54 Å². The van der Waals surface area contributed by atoms with Gasteiger partial charge in [-0.2, -0.15) is 0 Å². The lowest BCUT2D eigenvalue weighted by Gasteiger charge is -2.13. The molecule has 2 N–H and O–H groups in total. The molecule has 86 valence electrons. The van der Waals surface area contributed by atoms with E-state index < -0.39 is 11.9 Å². The van der Waals surface area contributed by atoms with Crippen molar-refractivity contribution in [2.45, 2.75) is 19.3 Å². The van der Waals surface area contributed by atoms with Gasteiger partial charge in [-0.3, -0.25) is 9.59 Å². The van der Waals surface area contributed by atoms with Crippen LogP contribution in [-0.4, -0.2) is 23.5 Å². The maximum absolute atomic E-state index is 11.1. The van der Waals surface area contributed by atoms with Crippen LogP contribution in [0, 0.1) is 0 Å². The standard InChI is InChI=1S/C12H15NO3/c1-2-11(14)13-8-10(12(15)16)9-6-4-3-5-7-9/h3-7,10H,2,8H2,1H3,(H,13,14)(H,15,16). The number of carboxylic acids is 1. The van der Waals surface area contributed by atoms with Gasteiger partial charge in [-0.15, -0.1) is 0 Å². The molecule has 0 bridgehead atoms. The van der Waals surface area contributed by atoms with Crippen molar-refractivity contribution in [1.29, 1.82) is 0 Å². The monoisotopic (exact) mass is 221 g/mol. The zero-order valence-corrected chi connectivity index (χ0v) is 9.14. The molecule has 0 saturated carbocycles. The minimum absolute atomic E-state index is 0.131. The fraction of sp³-hybridized carbons (Fsp3) is 0.333. The van der Waals surface area contributed by atoms with E-state index in [9.17, 15) is 9.59 Å². The highest BCUT2D eigenvalue weighted by atomic mass is 16.4. The molecule has 1 unspecified atom stereocenters. The quantitative estimate of drug-likeness (QED) is 0.789. The molecular formula is C12H15NO3. The summed E-state index contributed by atoms with van der Waals surface area (Å²) in [4.78, 5) is 22.1. The van der Waals surface area contributed by atoms with Crippen LogP contribution in [0.1, 0.15) is 24.8 Å². The molecule has 4 nitrogen and oxygen atoms in total. The Kier molecular flexibility index (Phi) is 4.51. The van der Waals surface area contributed by atoms with Gasteiger partial charge < -0.3 is 10.4 Å². The van der Waals surface area contributed by atoms with E-state index in [1.807, 2.05) is 6.07 Å². The number of hydrogen-bond donors (Lipinski definition) is 2. The third-order valence-corrected chi connectivity index (χ3v) is 2.32. The molecule has 1 aromatic rings. The van der Waals surface area contributed by atoms with Gasteiger partial charge >= 0.3 is 5.97 Å². The van der Waals surface area contributed by atoms with Crippen LogP contribution in [0.5, 0.6) is 0 Å². The van der Waals surface area contributed by atoms with E-state index in [0.717, 1.165) is 0 Å². The Hall–Kier alpha value is -1.84. The molecule has 1 aromatic carbocycles. The minimum atomic E-state index is -0.928. The van der Waals surface area contributed by atoms with E-state index in [0.29, 0.717) is 12.0 Å². The normalized spacial score (nSPS) is 11.8. The summed E-state index contributed by atoms with van der Waals surface area (Å²) in [5.74, 6) is -1.75. The van der Waals surface area contributed by atoms with Gasteiger partial charge in [0.2, 0.25) is 5.91 Å². The third-order valence-electron chi connectivity index (χ3n) is 2.32. The molecule has 0 aliphatic carbocycles. The van der Waals surface area contributed by atoms with Crippen molar-refractivity contribution >= 4 is 11.9 Å². The Bertz CT molecular complexity index is 362.